The molecule has 0 atom stereocenters. The molecule has 0 fully saturated rings. The van der Waals surface area contributed by atoms with Gasteiger partial charge in [0.05, 0.1) is 14.2 Å². The highest BCUT2D eigenvalue weighted by atomic mass is 16.5. The molecule has 1 radical (unpaired) electrons. The van der Waals surface area contributed by atoms with Gasteiger partial charge >= 0.3 is 0 Å². The molecule has 1 N–H and O–H groups in total. The molecule has 0 heterocycles. The van der Waals surface area contributed by atoms with E-state index in [1.165, 1.54) is 14.2 Å². The smallest absolute Gasteiger partial charge is 0.258 e. The summed E-state index contributed by atoms with van der Waals surface area (Å²) in [4.78, 5) is 11.4. The van der Waals surface area contributed by atoms with Crippen LogP contribution >= 0.6 is 0 Å². The highest BCUT2D eigenvalue weighted by Gasteiger charge is 2.16. The zero-order valence-electron chi connectivity index (χ0n) is 8.16. The fourth-order valence-electron chi connectivity index (χ4n) is 1.16. The number of hydrogen-bond donors (Lipinski definition) is 1. The topological polar surface area (TPSA) is 47.6 Å². The van der Waals surface area contributed by atoms with Gasteiger partial charge in [0.15, 0.2) is 0 Å². The summed E-state index contributed by atoms with van der Waals surface area (Å²) in [6, 6.07) is 5.12. The number of rotatable bonds is 3. The van der Waals surface area contributed by atoms with E-state index in [0.29, 0.717) is 17.1 Å². The third-order valence-corrected chi connectivity index (χ3v) is 1.82. The van der Waals surface area contributed by atoms with Crippen molar-refractivity contribution in [1.82, 2.24) is 5.32 Å². The molecule has 0 aliphatic rings. The Balaban J connectivity index is 3.25. The number of methoxy groups -OCH3 is 2. The molecule has 0 spiro atoms. The van der Waals surface area contributed by atoms with Crippen molar-refractivity contribution >= 4 is 5.91 Å². The predicted octanol–water partition coefficient (Wildman–Crippen LogP) is 1.23. The molecule has 4 heteroatoms. The average molecular weight is 194 g/mol. The fourth-order valence-corrected chi connectivity index (χ4v) is 1.16. The summed E-state index contributed by atoms with van der Waals surface area (Å²) in [6.45, 7) is 0. The average Bonchev–Trinajstić information content (AvgIpc) is 2.26. The van der Waals surface area contributed by atoms with Crippen LogP contribution in [0, 0.1) is 7.05 Å². The molecular formula is C10H12NO3. The Morgan fingerprint density at radius 1 is 1.29 bits per heavy atom. The maximum absolute atomic E-state index is 11.4. The van der Waals surface area contributed by atoms with Crippen LogP contribution in [0.25, 0.3) is 0 Å². The van der Waals surface area contributed by atoms with Crippen molar-refractivity contribution in [3.05, 3.63) is 30.8 Å². The summed E-state index contributed by atoms with van der Waals surface area (Å²) < 4.78 is 10.1. The van der Waals surface area contributed by atoms with E-state index in [1.807, 2.05) is 0 Å². The molecule has 0 aliphatic carbocycles. The van der Waals surface area contributed by atoms with Crippen LogP contribution in [0.15, 0.2) is 18.2 Å². The minimum Gasteiger partial charge on any atom is -0.496 e. The molecule has 0 unspecified atom stereocenters. The number of carbonyl (C=O) groups excluding carboxylic acids is 1. The molecule has 1 aromatic rings. The number of benzene rings is 1. The van der Waals surface area contributed by atoms with Crippen molar-refractivity contribution in [2.45, 2.75) is 0 Å². The molecule has 1 rings (SSSR count). The maximum Gasteiger partial charge on any atom is 0.258 e. The summed E-state index contributed by atoms with van der Waals surface area (Å²) in [5, 5.41) is 2.28. The number of amides is 1. The Morgan fingerprint density at radius 3 is 2.14 bits per heavy atom. The lowest BCUT2D eigenvalue weighted by Gasteiger charge is -2.10. The second kappa shape index (κ2) is 4.50. The molecule has 4 nitrogen and oxygen atoms in total. The number of ether oxygens (including phenoxy) is 2. The van der Waals surface area contributed by atoms with Crippen LogP contribution in [0.2, 0.25) is 0 Å². The maximum atomic E-state index is 11.4. The van der Waals surface area contributed by atoms with Crippen LogP contribution < -0.4 is 14.8 Å². The minimum atomic E-state index is -0.334. The van der Waals surface area contributed by atoms with Gasteiger partial charge in [0.25, 0.3) is 5.91 Å². The monoisotopic (exact) mass is 194 g/mol. The molecule has 0 saturated heterocycles. The van der Waals surface area contributed by atoms with Gasteiger partial charge in [-0.2, -0.15) is 0 Å². The first-order valence-corrected chi connectivity index (χ1v) is 4.03. The summed E-state index contributed by atoms with van der Waals surface area (Å²) in [6.07, 6.45) is 0. The third-order valence-electron chi connectivity index (χ3n) is 1.82. The highest BCUT2D eigenvalue weighted by molar-refractivity contribution is 5.99. The van der Waals surface area contributed by atoms with Crippen molar-refractivity contribution < 1.29 is 14.3 Å². The van der Waals surface area contributed by atoms with Gasteiger partial charge in [0, 0.05) is 7.05 Å². The van der Waals surface area contributed by atoms with Crippen molar-refractivity contribution in [3.63, 3.8) is 0 Å². The lowest BCUT2D eigenvalue weighted by Crippen LogP contribution is -2.17. The zero-order valence-corrected chi connectivity index (χ0v) is 8.16. The van der Waals surface area contributed by atoms with Gasteiger partial charge in [-0.15, -0.1) is 0 Å². The molecule has 0 aliphatic heterocycles. The van der Waals surface area contributed by atoms with Crippen LogP contribution in [-0.2, 0) is 0 Å². The number of carbonyl (C=O) groups is 1. The quantitative estimate of drug-likeness (QED) is 0.787. The number of nitrogens with one attached hydrogen (secondary N) is 1. The van der Waals surface area contributed by atoms with Crippen LogP contribution in [0.3, 0.4) is 0 Å². The standard InChI is InChI=1S/C10H12NO3/c1-11-10(12)9-7(13-2)5-4-6-8(9)14-3/h4-6H,1H2,2-3H3,(H,11,12). The van der Waals surface area contributed by atoms with Crippen molar-refractivity contribution in [2.75, 3.05) is 14.2 Å². The summed E-state index contributed by atoms with van der Waals surface area (Å²) in [5.41, 5.74) is 0.354. The van der Waals surface area contributed by atoms with Crippen LogP contribution in [0.5, 0.6) is 11.5 Å². The van der Waals surface area contributed by atoms with Crippen molar-refractivity contribution in [2.24, 2.45) is 0 Å². The van der Waals surface area contributed by atoms with Gasteiger partial charge in [0.1, 0.15) is 17.1 Å². The molecule has 1 aromatic carbocycles. The summed E-state index contributed by atoms with van der Waals surface area (Å²) >= 11 is 0. The first-order chi connectivity index (χ1) is 6.74. The fraction of sp³-hybridized carbons (Fsp3) is 0.200. The Morgan fingerprint density at radius 2 is 1.79 bits per heavy atom. The van der Waals surface area contributed by atoms with E-state index in [9.17, 15) is 4.79 Å². The second-order valence-electron chi connectivity index (χ2n) is 2.54. The van der Waals surface area contributed by atoms with Gasteiger partial charge in [0.2, 0.25) is 0 Å². The van der Waals surface area contributed by atoms with Gasteiger partial charge in [-0.25, -0.2) is 0 Å². The van der Waals surface area contributed by atoms with Crippen LogP contribution in [0.1, 0.15) is 10.4 Å². The van der Waals surface area contributed by atoms with E-state index in [-0.39, 0.29) is 5.91 Å². The first-order valence-electron chi connectivity index (χ1n) is 4.03. The van der Waals surface area contributed by atoms with Gasteiger partial charge in [-0.3, -0.25) is 4.79 Å². The molecule has 14 heavy (non-hydrogen) atoms. The Kier molecular flexibility index (Phi) is 3.34. The highest BCUT2D eigenvalue weighted by Crippen LogP contribution is 2.27. The molecule has 0 bridgehead atoms. The second-order valence-corrected chi connectivity index (χ2v) is 2.54. The van der Waals surface area contributed by atoms with E-state index >= 15 is 0 Å². The van der Waals surface area contributed by atoms with Crippen LogP contribution in [0.4, 0.5) is 0 Å². The summed E-state index contributed by atoms with van der Waals surface area (Å²) in [5.74, 6) is 0.593. The Bertz CT molecular complexity index is 314. The van der Waals surface area contributed by atoms with Gasteiger partial charge in [-0.1, -0.05) is 6.07 Å². The predicted molar refractivity (Wildman–Crippen MR) is 52.4 cm³/mol. The van der Waals surface area contributed by atoms with E-state index < -0.39 is 0 Å². The van der Waals surface area contributed by atoms with Gasteiger partial charge < -0.3 is 14.8 Å². The lowest BCUT2D eigenvalue weighted by molar-refractivity contribution is 0.0963. The minimum absolute atomic E-state index is 0.334. The normalized spacial score (nSPS) is 9.36. The van der Waals surface area contributed by atoms with Crippen molar-refractivity contribution in [3.8, 4) is 11.5 Å². The molecular weight excluding hydrogens is 182 g/mol. The lowest BCUT2D eigenvalue weighted by atomic mass is 10.1. The largest absolute Gasteiger partial charge is 0.496 e. The van der Waals surface area contributed by atoms with E-state index in [2.05, 4.69) is 12.4 Å². The molecule has 0 aromatic heterocycles. The van der Waals surface area contributed by atoms with E-state index in [4.69, 9.17) is 9.47 Å². The zero-order chi connectivity index (χ0) is 10.6. The number of hydrogen-bond acceptors (Lipinski definition) is 3. The SMILES string of the molecule is [CH2]NC(=O)c1c(OC)cccc1OC. The van der Waals surface area contributed by atoms with E-state index in [0.717, 1.165) is 0 Å². The molecule has 0 saturated carbocycles. The van der Waals surface area contributed by atoms with Crippen molar-refractivity contribution in [1.29, 1.82) is 0 Å². The molecule has 75 valence electrons. The Labute approximate surface area is 82.8 Å². The Hall–Kier alpha value is -1.71. The third kappa shape index (κ3) is 1.79. The molecule has 1 amide bonds. The van der Waals surface area contributed by atoms with Crippen LogP contribution in [-0.4, -0.2) is 20.1 Å². The van der Waals surface area contributed by atoms with E-state index in [1.54, 1.807) is 18.2 Å². The first kappa shape index (κ1) is 10.4. The van der Waals surface area contributed by atoms with Gasteiger partial charge in [-0.05, 0) is 12.1 Å². The summed E-state index contributed by atoms with van der Waals surface area (Å²) in [7, 11) is 6.29.